The van der Waals surface area contributed by atoms with Crippen molar-refractivity contribution in [3.05, 3.63) is 83.4 Å². The largest absolute Gasteiger partial charge is 0.496 e. The van der Waals surface area contributed by atoms with Gasteiger partial charge in [0.05, 0.1) is 17.7 Å². The third kappa shape index (κ3) is 4.67. The van der Waals surface area contributed by atoms with Crippen LogP contribution in [0.4, 0.5) is 5.69 Å². The molecule has 0 amide bonds. The highest BCUT2D eigenvalue weighted by atomic mass is 32.2. The maximum atomic E-state index is 13.4. The molecule has 0 fully saturated rings. The second kappa shape index (κ2) is 9.90. The van der Waals surface area contributed by atoms with Gasteiger partial charge >= 0.3 is 5.97 Å². The number of fused-ring (bicyclic) bond motifs is 1. The van der Waals surface area contributed by atoms with Crippen molar-refractivity contribution < 1.29 is 27.5 Å². The van der Waals surface area contributed by atoms with Gasteiger partial charge in [-0.3, -0.25) is 9.10 Å². The molecule has 0 saturated carbocycles. The summed E-state index contributed by atoms with van der Waals surface area (Å²) in [5.74, 6) is -1.05. The van der Waals surface area contributed by atoms with Crippen molar-refractivity contribution >= 4 is 39.2 Å². The molecule has 0 spiro atoms. The molecule has 0 saturated heterocycles. The Morgan fingerprint density at radius 2 is 1.76 bits per heavy atom. The average Bonchev–Trinajstić information content (AvgIpc) is 3.32. The van der Waals surface area contributed by atoms with Crippen LogP contribution in [-0.4, -0.2) is 46.7 Å². The second-order valence-corrected chi connectivity index (χ2v) is 10.3. The standard InChI is InChI=1S/C25H23NO6S2/c1-31-24-12-11-20(34(29,30)26-14-13-17-5-3-4-6-22(17)26)15-21(24)25(28)32-16-23(27)18-7-9-19(33-2)10-8-18/h3-12,15H,13-14,16H2,1-2H3. The molecule has 1 aliphatic heterocycles. The molecule has 0 unspecified atom stereocenters. The third-order valence-corrected chi connectivity index (χ3v) is 8.12. The van der Waals surface area contributed by atoms with Crippen molar-refractivity contribution in [1.29, 1.82) is 0 Å². The summed E-state index contributed by atoms with van der Waals surface area (Å²) in [4.78, 5) is 26.2. The molecular weight excluding hydrogens is 474 g/mol. The van der Waals surface area contributed by atoms with Gasteiger partial charge in [-0.25, -0.2) is 13.2 Å². The number of hydrogen-bond donors (Lipinski definition) is 0. The van der Waals surface area contributed by atoms with Crippen LogP contribution < -0.4 is 9.04 Å². The molecule has 4 rings (SSSR count). The number of carbonyl (C=O) groups excluding carboxylic acids is 2. The molecule has 3 aromatic rings. The number of esters is 1. The van der Waals surface area contributed by atoms with Gasteiger partial charge in [-0.15, -0.1) is 11.8 Å². The minimum Gasteiger partial charge on any atom is -0.496 e. The highest BCUT2D eigenvalue weighted by Gasteiger charge is 2.32. The van der Waals surface area contributed by atoms with Crippen LogP contribution in [0.1, 0.15) is 26.3 Å². The fourth-order valence-electron chi connectivity index (χ4n) is 3.76. The predicted octanol–water partition coefficient (Wildman–Crippen LogP) is 4.21. The molecule has 0 N–H and O–H groups in total. The van der Waals surface area contributed by atoms with E-state index >= 15 is 0 Å². The van der Waals surface area contributed by atoms with Crippen LogP contribution in [0.15, 0.2) is 76.5 Å². The van der Waals surface area contributed by atoms with Gasteiger partial charge in [0, 0.05) is 17.0 Å². The molecule has 176 valence electrons. The summed E-state index contributed by atoms with van der Waals surface area (Å²) in [5, 5.41) is 0. The zero-order chi connectivity index (χ0) is 24.3. The fourth-order valence-corrected chi connectivity index (χ4v) is 5.70. The second-order valence-electron chi connectivity index (χ2n) is 7.55. The van der Waals surface area contributed by atoms with Crippen LogP contribution in [-0.2, 0) is 21.2 Å². The summed E-state index contributed by atoms with van der Waals surface area (Å²) < 4.78 is 38.5. The lowest BCUT2D eigenvalue weighted by atomic mass is 10.1. The van der Waals surface area contributed by atoms with Gasteiger partial charge in [0.15, 0.2) is 12.4 Å². The van der Waals surface area contributed by atoms with Crippen LogP contribution in [0.5, 0.6) is 5.75 Å². The minimum atomic E-state index is -3.91. The normalized spacial score (nSPS) is 12.8. The summed E-state index contributed by atoms with van der Waals surface area (Å²) in [7, 11) is -2.54. The lowest BCUT2D eigenvalue weighted by Crippen LogP contribution is -2.29. The molecule has 0 aromatic heterocycles. The smallest absolute Gasteiger partial charge is 0.342 e. The first-order valence-electron chi connectivity index (χ1n) is 10.5. The number of ketones is 1. The van der Waals surface area contributed by atoms with Crippen molar-refractivity contribution in [3.8, 4) is 5.75 Å². The molecule has 1 aliphatic rings. The molecule has 34 heavy (non-hydrogen) atoms. The number of sulfonamides is 1. The molecule has 0 aliphatic carbocycles. The van der Waals surface area contributed by atoms with Crippen molar-refractivity contribution in [3.63, 3.8) is 0 Å². The molecule has 1 heterocycles. The first-order chi connectivity index (χ1) is 16.3. The van der Waals surface area contributed by atoms with Gasteiger partial charge in [-0.1, -0.05) is 30.3 Å². The van der Waals surface area contributed by atoms with Gasteiger partial charge < -0.3 is 9.47 Å². The minimum absolute atomic E-state index is 0.0593. The third-order valence-electron chi connectivity index (χ3n) is 5.57. The van der Waals surface area contributed by atoms with E-state index in [9.17, 15) is 18.0 Å². The van der Waals surface area contributed by atoms with Gasteiger partial charge in [-0.2, -0.15) is 0 Å². The van der Waals surface area contributed by atoms with E-state index < -0.39 is 22.6 Å². The molecular formula is C25H23NO6S2. The van der Waals surface area contributed by atoms with Crippen molar-refractivity contribution in [2.75, 3.05) is 30.8 Å². The van der Waals surface area contributed by atoms with E-state index in [0.717, 1.165) is 10.5 Å². The number of hydrogen-bond acceptors (Lipinski definition) is 7. The van der Waals surface area contributed by atoms with Crippen LogP contribution >= 0.6 is 11.8 Å². The number of carbonyl (C=O) groups is 2. The topological polar surface area (TPSA) is 90.0 Å². The Morgan fingerprint density at radius 1 is 1.03 bits per heavy atom. The number of anilines is 1. The molecule has 0 radical (unpaired) electrons. The number of rotatable bonds is 8. The molecule has 0 atom stereocenters. The van der Waals surface area contributed by atoms with Crippen LogP contribution in [0.2, 0.25) is 0 Å². The van der Waals surface area contributed by atoms with E-state index in [1.807, 2.05) is 30.5 Å². The Balaban J connectivity index is 1.55. The Kier molecular flexibility index (Phi) is 6.95. The quantitative estimate of drug-likeness (QED) is 0.262. The SMILES string of the molecule is COc1ccc(S(=O)(=O)N2CCc3ccccc32)cc1C(=O)OCC(=O)c1ccc(SC)cc1. The zero-order valence-corrected chi connectivity index (χ0v) is 20.3. The van der Waals surface area contributed by atoms with Gasteiger partial charge in [-0.05, 0) is 54.6 Å². The first-order valence-corrected chi connectivity index (χ1v) is 13.1. The summed E-state index contributed by atoms with van der Waals surface area (Å²) in [5.41, 5.74) is 1.92. The van der Waals surface area contributed by atoms with E-state index in [-0.39, 0.29) is 22.0 Å². The van der Waals surface area contributed by atoms with Crippen LogP contribution in [0.25, 0.3) is 0 Å². The molecule has 3 aromatic carbocycles. The number of ether oxygens (including phenoxy) is 2. The van der Waals surface area contributed by atoms with E-state index in [4.69, 9.17) is 9.47 Å². The van der Waals surface area contributed by atoms with Crippen molar-refractivity contribution in [1.82, 2.24) is 0 Å². The van der Waals surface area contributed by atoms with E-state index in [1.165, 1.54) is 29.6 Å². The summed E-state index contributed by atoms with van der Waals surface area (Å²) >= 11 is 1.55. The first kappa shape index (κ1) is 23.8. The molecule has 9 heteroatoms. The average molecular weight is 498 g/mol. The highest BCUT2D eigenvalue weighted by Crippen LogP contribution is 2.34. The lowest BCUT2D eigenvalue weighted by molar-refractivity contribution is 0.0471. The summed E-state index contributed by atoms with van der Waals surface area (Å²) in [6.45, 7) is -0.158. The highest BCUT2D eigenvalue weighted by molar-refractivity contribution is 7.98. The molecule has 0 bridgehead atoms. The maximum Gasteiger partial charge on any atom is 0.342 e. The summed E-state index contributed by atoms with van der Waals surface area (Å²) in [6.07, 6.45) is 2.54. The fraction of sp³-hybridized carbons (Fsp3) is 0.200. The van der Waals surface area contributed by atoms with E-state index in [1.54, 1.807) is 36.0 Å². The Morgan fingerprint density at radius 3 is 2.47 bits per heavy atom. The Labute approximate surface area is 202 Å². The Bertz CT molecular complexity index is 1340. The zero-order valence-electron chi connectivity index (χ0n) is 18.7. The van der Waals surface area contributed by atoms with E-state index in [2.05, 4.69) is 0 Å². The Hall–Kier alpha value is -3.30. The number of benzene rings is 3. The predicted molar refractivity (Wildman–Crippen MR) is 131 cm³/mol. The van der Waals surface area contributed by atoms with E-state index in [0.29, 0.717) is 24.2 Å². The number of para-hydroxylation sites is 1. The number of thioether (sulfide) groups is 1. The summed E-state index contributed by atoms with van der Waals surface area (Å²) in [6, 6.07) is 18.3. The van der Waals surface area contributed by atoms with Gasteiger partial charge in [0.25, 0.3) is 10.0 Å². The lowest BCUT2D eigenvalue weighted by Gasteiger charge is -2.20. The number of methoxy groups -OCH3 is 1. The van der Waals surface area contributed by atoms with Gasteiger partial charge in [0.1, 0.15) is 11.3 Å². The van der Waals surface area contributed by atoms with Crippen molar-refractivity contribution in [2.24, 2.45) is 0 Å². The van der Waals surface area contributed by atoms with Crippen molar-refractivity contribution in [2.45, 2.75) is 16.2 Å². The maximum absolute atomic E-state index is 13.4. The number of Topliss-reactive ketones (excluding diaryl/α,β-unsaturated/α-hetero) is 1. The van der Waals surface area contributed by atoms with Crippen LogP contribution in [0, 0.1) is 0 Å². The van der Waals surface area contributed by atoms with Gasteiger partial charge in [0.2, 0.25) is 0 Å². The monoisotopic (exact) mass is 497 g/mol. The van der Waals surface area contributed by atoms with Crippen LogP contribution in [0.3, 0.4) is 0 Å². The number of nitrogens with zero attached hydrogens (tertiary/aromatic N) is 1. The molecule has 7 nitrogen and oxygen atoms in total.